The number of nitrogens with one attached hydrogen (secondary N) is 2. The fourth-order valence-corrected chi connectivity index (χ4v) is 5.01. The summed E-state index contributed by atoms with van der Waals surface area (Å²) in [5, 5.41) is 2.93. The summed E-state index contributed by atoms with van der Waals surface area (Å²) < 4.78 is 39.9. The highest BCUT2D eigenvalue weighted by Crippen LogP contribution is 2.32. The summed E-state index contributed by atoms with van der Waals surface area (Å²) in [5.41, 5.74) is 2.97. The molecular formula is C25H26N2O5S. The number of aryl methyl sites for hydroxylation is 2. The first kappa shape index (κ1) is 22.7. The molecule has 0 bridgehead atoms. The van der Waals surface area contributed by atoms with Crippen molar-refractivity contribution in [3.05, 3.63) is 82.9 Å². The maximum atomic E-state index is 13.1. The van der Waals surface area contributed by atoms with Crippen LogP contribution >= 0.6 is 0 Å². The summed E-state index contributed by atoms with van der Waals surface area (Å²) >= 11 is 0. The molecule has 172 valence electrons. The van der Waals surface area contributed by atoms with Crippen molar-refractivity contribution in [2.45, 2.75) is 31.7 Å². The average Bonchev–Trinajstić information content (AvgIpc) is 2.80. The number of hydrogen-bond donors (Lipinski definition) is 2. The molecule has 1 aliphatic rings. The van der Waals surface area contributed by atoms with E-state index in [2.05, 4.69) is 10.0 Å². The van der Waals surface area contributed by atoms with E-state index in [1.807, 2.05) is 44.2 Å². The van der Waals surface area contributed by atoms with Crippen LogP contribution in [0.3, 0.4) is 0 Å². The molecule has 8 heteroatoms. The normalized spacial score (nSPS) is 13.8. The molecule has 1 amide bonds. The van der Waals surface area contributed by atoms with E-state index >= 15 is 0 Å². The number of ether oxygens (including phenoxy) is 2. The Morgan fingerprint density at radius 1 is 0.909 bits per heavy atom. The van der Waals surface area contributed by atoms with Crippen LogP contribution in [0.15, 0.2) is 65.6 Å². The molecule has 3 aromatic carbocycles. The topological polar surface area (TPSA) is 93.7 Å². The smallest absolute Gasteiger partial charge is 0.262 e. The van der Waals surface area contributed by atoms with Crippen molar-refractivity contribution in [3.8, 4) is 11.5 Å². The molecule has 2 N–H and O–H groups in total. The van der Waals surface area contributed by atoms with Crippen LogP contribution < -0.4 is 19.5 Å². The molecule has 33 heavy (non-hydrogen) atoms. The number of hydrogen-bond acceptors (Lipinski definition) is 5. The number of carbonyl (C=O) groups is 1. The third-order valence-corrected chi connectivity index (χ3v) is 7.05. The molecule has 4 rings (SSSR count). The highest BCUT2D eigenvalue weighted by atomic mass is 32.2. The number of rotatable bonds is 6. The first-order valence-corrected chi connectivity index (χ1v) is 12.1. The maximum absolute atomic E-state index is 13.1. The van der Waals surface area contributed by atoms with Gasteiger partial charge in [0.05, 0.1) is 16.6 Å². The van der Waals surface area contributed by atoms with Crippen LogP contribution in [0.25, 0.3) is 0 Å². The second kappa shape index (κ2) is 9.15. The summed E-state index contributed by atoms with van der Waals surface area (Å²) in [6, 6.07) is 17.0. The third kappa shape index (κ3) is 4.96. The van der Waals surface area contributed by atoms with E-state index < -0.39 is 10.0 Å². The molecule has 0 aromatic heterocycles. The van der Waals surface area contributed by atoms with Crippen molar-refractivity contribution >= 4 is 21.6 Å². The molecule has 1 heterocycles. The van der Waals surface area contributed by atoms with Gasteiger partial charge in [-0.15, -0.1) is 0 Å². The molecule has 7 nitrogen and oxygen atoms in total. The Bertz CT molecular complexity index is 1300. The van der Waals surface area contributed by atoms with Gasteiger partial charge in [0.1, 0.15) is 13.2 Å². The van der Waals surface area contributed by atoms with Gasteiger partial charge in [0, 0.05) is 5.56 Å². The van der Waals surface area contributed by atoms with Gasteiger partial charge in [0.25, 0.3) is 15.9 Å². The van der Waals surface area contributed by atoms with Crippen LogP contribution in [0.1, 0.15) is 40.0 Å². The number of carbonyl (C=O) groups excluding carboxylic acids is 1. The Morgan fingerprint density at radius 2 is 1.64 bits per heavy atom. The van der Waals surface area contributed by atoms with E-state index in [0.717, 1.165) is 11.1 Å². The highest BCUT2D eigenvalue weighted by molar-refractivity contribution is 7.92. The van der Waals surface area contributed by atoms with Gasteiger partial charge in [-0.3, -0.25) is 9.52 Å². The van der Waals surface area contributed by atoms with Gasteiger partial charge in [-0.25, -0.2) is 8.42 Å². The van der Waals surface area contributed by atoms with Crippen LogP contribution in [0.2, 0.25) is 0 Å². The summed E-state index contributed by atoms with van der Waals surface area (Å²) in [6.45, 7) is 6.37. The van der Waals surface area contributed by atoms with Gasteiger partial charge < -0.3 is 14.8 Å². The number of anilines is 1. The Balaban J connectivity index is 1.54. The van der Waals surface area contributed by atoms with E-state index in [1.54, 1.807) is 31.2 Å². The van der Waals surface area contributed by atoms with E-state index in [0.29, 0.717) is 36.0 Å². The zero-order valence-electron chi connectivity index (χ0n) is 18.7. The van der Waals surface area contributed by atoms with Crippen molar-refractivity contribution < 1.29 is 22.7 Å². The van der Waals surface area contributed by atoms with E-state index in [-0.39, 0.29) is 22.4 Å². The molecule has 0 radical (unpaired) electrons. The van der Waals surface area contributed by atoms with E-state index in [1.165, 1.54) is 6.07 Å². The van der Waals surface area contributed by atoms with Crippen LogP contribution in [0.4, 0.5) is 5.69 Å². The predicted molar refractivity (Wildman–Crippen MR) is 126 cm³/mol. The van der Waals surface area contributed by atoms with Gasteiger partial charge in [0.2, 0.25) is 0 Å². The molecule has 0 saturated carbocycles. The predicted octanol–water partition coefficient (Wildman–Crippen LogP) is 4.37. The molecular weight excluding hydrogens is 440 g/mol. The van der Waals surface area contributed by atoms with Crippen LogP contribution in [-0.2, 0) is 10.0 Å². The van der Waals surface area contributed by atoms with Crippen LogP contribution in [0, 0.1) is 13.8 Å². The summed E-state index contributed by atoms with van der Waals surface area (Å²) in [4.78, 5) is 13.0. The van der Waals surface area contributed by atoms with Gasteiger partial charge >= 0.3 is 0 Å². The Hall–Kier alpha value is -3.52. The molecule has 0 saturated heterocycles. The van der Waals surface area contributed by atoms with Crippen molar-refractivity contribution in [1.29, 1.82) is 0 Å². The third-order valence-electron chi connectivity index (χ3n) is 5.54. The zero-order valence-corrected chi connectivity index (χ0v) is 19.5. The minimum absolute atomic E-state index is 0.0605. The number of para-hydroxylation sites is 1. The summed E-state index contributed by atoms with van der Waals surface area (Å²) in [7, 11) is -3.87. The highest BCUT2D eigenvalue weighted by Gasteiger charge is 2.21. The number of sulfonamides is 1. The molecule has 1 atom stereocenters. The van der Waals surface area contributed by atoms with Gasteiger partial charge in [-0.1, -0.05) is 30.3 Å². The number of fused-ring (bicyclic) bond motifs is 1. The first-order valence-electron chi connectivity index (χ1n) is 10.6. The molecule has 3 aromatic rings. The lowest BCUT2D eigenvalue weighted by molar-refractivity contribution is 0.0939. The van der Waals surface area contributed by atoms with Gasteiger partial charge in [-0.2, -0.15) is 0 Å². The van der Waals surface area contributed by atoms with Gasteiger partial charge in [-0.05, 0) is 67.8 Å². The van der Waals surface area contributed by atoms with E-state index in [4.69, 9.17) is 9.47 Å². The SMILES string of the molecule is Cc1ccccc1NS(=O)(=O)c1cc(C(=O)N[C@@H](C)c2ccc3c(c2)OCCO3)ccc1C. The van der Waals surface area contributed by atoms with Crippen molar-refractivity contribution in [1.82, 2.24) is 5.32 Å². The minimum atomic E-state index is -3.87. The average molecular weight is 467 g/mol. The fourth-order valence-electron chi connectivity index (χ4n) is 3.61. The Labute approximate surface area is 193 Å². The quantitative estimate of drug-likeness (QED) is 0.563. The second-order valence-corrected chi connectivity index (χ2v) is 9.65. The summed E-state index contributed by atoms with van der Waals surface area (Å²) in [5.74, 6) is 0.952. The Kier molecular flexibility index (Phi) is 6.29. The second-order valence-electron chi connectivity index (χ2n) is 8.00. The van der Waals surface area contributed by atoms with Crippen LogP contribution in [-0.4, -0.2) is 27.5 Å². The van der Waals surface area contributed by atoms with Crippen LogP contribution in [0.5, 0.6) is 11.5 Å². The zero-order chi connectivity index (χ0) is 23.6. The fraction of sp³-hybridized carbons (Fsp3) is 0.240. The molecule has 1 aliphatic heterocycles. The molecule has 0 spiro atoms. The van der Waals surface area contributed by atoms with Gasteiger partial charge in [0.15, 0.2) is 11.5 Å². The number of benzene rings is 3. The van der Waals surface area contributed by atoms with Crippen molar-refractivity contribution in [3.63, 3.8) is 0 Å². The summed E-state index contributed by atoms with van der Waals surface area (Å²) in [6.07, 6.45) is 0. The lowest BCUT2D eigenvalue weighted by Crippen LogP contribution is -2.27. The standard InChI is InChI=1S/C25H26N2O5S/c1-16-6-4-5-7-21(16)27-33(29,30)24-15-20(9-8-17(24)2)25(28)26-18(3)19-10-11-22-23(14-19)32-13-12-31-22/h4-11,14-15,18,27H,12-13H2,1-3H3,(H,26,28)/t18-/m0/s1. The van der Waals surface area contributed by atoms with Crippen molar-refractivity contribution in [2.75, 3.05) is 17.9 Å². The lowest BCUT2D eigenvalue weighted by atomic mass is 10.1. The molecule has 0 unspecified atom stereocenters. The number of amides is 1. The monoisotopic (exact) mass is 466 g/mol. The Morgan fingerprint density at radius 3 is 2.39 bits per heavy atom. The van der Waals surface area contributed by atoms with Crippen molar-refractivity contribution in [2.24, 2.45) is 0 Å². The maximum Gasteiger partial charge on any atom is 0.262 e. The van der Waals surface area contributed by atoms with E-state index in [9.17, 15) is 13.2 Å². The molecule has 0 aliphatic carbocycles. The molecule has 0 fully saturated rings. The first-order chi connectivity index (χ1) is 15.7. The minimum Gasteiger partial charge on any atom is -0.486 e. The lowest BCUT2D eigenvalue weighted by Gasteiger charge is -2.21. The largest absolute Gasteiger partial charge is 0.486 e.